The van der Waals surface area contributed by atoms with Crippen molar-refractivity contribution >= 4 is 46.4 Å². The first-order valence-electron chi connectivity index (χ1n) is 8.78. The van der Waals surface area contributed by atoms with Gasteiger partial charge in [-0.2, -0.15) is 4.99 Å². The van der Waals surface area contributed by atoms with Gasteiger partial charge in [-0.1, -0.05) is 41.6 Å². The number of fused-ring (bicyclic) bond motifs is 1. The van der Waals surface area contributed by atoms with Crippen LogP contribution in [0.1, 0.15) is 17.0 Å². The number of rotatable bonds is 5. The zero-order chi connectivity index (χ0) is 20.4. The van der Waals surface area contributed by atoms with Crippen LogP contribution in [-0.2, 0) is 11.3 Å². The van der Waals surface area contributed by atoms with Crippen molar-refractivity contribution < 1.29 is 4.79 Å². The van der Waals surface area contributed by atoms with Crippen LogP contribution < -0.4 is 4.80 Å². The molecule has 0 atom stereocenters. The standard InChI is InChI=1S/C19H17ClN6OS2/c1-12-9-13(2)26-17(21-12)23-24-19(26)29-11-16(27)22-18-25(7-8-28-18)10-14-5-3-4-6-15(14)20/h3-9H,10-11H2,1-2H3. The van der Waals surface area contributed by atoms with Gasteiger partial charge >= 0.3 is 0 Å². The third-order valence-electron chi connectivity index (χ3n) is 4.17. The van der Waals surface area contributed by atoms with Gasteiger partial charge < -0.3 is 4.57 Å². The zero-order valence-corrected chi connectivity index (χ0v) is 18.1. The van der Waals surface area contributed by atoms with Crippen LogP contribution in [0.4, 0.5) is 0 Å². The zero-order valence-electron chi connectivity index (χ0n) is 15.7. The van der Waals surface area contributed by atoms with Crippen molar-refractivity contribution in [2.24, 2.45) is 4.99 Å². The van der Waals surface area contributed by atoms with E-state index in [2.05, 4.69) is 20.2 Å². The molecule has 4 rings (SSSR count). The maximum absolute atomic E-state index is 12.5. The molecule has 0 unspecified atom stereocenters. The molecule has 0 spiro atoms. The minimum atomic E-state index is -0.236. The lowest BCUT2D eigenvalue weighted by molar-refractivity contribution is -0.115. The summed E-state index contributed by atoms with van der Waals surface area (Å²) in [4.78, 5) is 21.7. The van der Waals surface area contributed by atoms with Gasteiger partial charge in [0, 0.05) is 28.0 Å². The van der Waals surface area contributed by atoms with Crippen LogP contribution in [-0.4, -0.2) is 35.8 Å². The predicted octanol–water partition coefficient (Wildman–Crippen LogP) is 3.53. The van der Waals surface area contributed by atoms with E-state index in [-0.39, 0.29) is 11.7 Å². The smallest absolute Gasteiger partial charge is 0.258 e. The van der Waals surface area contributed by atoms with Crippen LogP contribution in [0.2, 0.25) is 5.02 Å². The average Bonchev–Trinajstić information content (AvgIpc) is 3.29. The van der Waals surface area contributed by atoms with Gasteiger partial charge in [-0.25, -0.2) is 4.98 Å². The Labute approximate surface area is 180 Å². The first-order chi connectivity index (χ1) is 14.0. The number of amides is 1. The second-order valence-electron chi connectivity index (χ2n) is 6.36. The minimum absolute atomic E-state index is 0.165. The molecular weight excluding hydrogens is 428 g/mol. The molecule has 29 heavy (non-hydrogen) atoms. The molecule has 0 N–H and O–H groups in total. The molecule has 0 aliphatic rings. The molecule has 0 bridgehead atoms. The highest BCUT2D eigenvalue weighted by Gasteiger charge is 2.12. The Balaban J connectivity index is 1.50. The highest BCUT2D eigenvalue weighted by molar-refractivity contribution is 7.99. The van der Waals surface area contributed by atoms with Gasteiger partial charge in [0.05, 0.1) is 12.3 Å². The minimum Gasteiger partial charge on any atom is -0.319 e. The predicted molar refractivity (Wildman–Crippen MR) is 114 cm³/mol. The number of benzene rings is 1. The normalized spacial score (nSPS) is 12.0. The molecule has 1 aromatic carbocycles. The molecular formula is C19H17ClN6OS2. The number of nitrogens with zero attached hydrogens (tertiary/aromatic N) is 6. The van der Waals surface area contributed by atoms with Crippen molar-refractivity contribution in [3.63, 3.8) is 0 Å². The number of hydrogen-bond acceptors (Lipinski definition) is 6. The van der Waals surface area contributed by atoms with Gasteiger partial charge in [-0.05, 0) is 31.5 Å². The lowest BCUT2D eigenvalue weighted by atomic mass is 10.2. The maximum Gasteiger partial charge on any atom is 0.258 e. The third-order valence-corrected chi connectivity index (χ3v) is 6.24. The highest BCUT2D eigenvalue weighted by Crippen LogP contribution is 2.19. The summed E-state index contributed by atoms with van der Waals surface area (Å²) < 4.78 is 3.76. The number of carbonyl (C=O) groups is 1. The van der Waals surface area contributed by atoms with Crippen LogP contribution in [0.3, 0.4) is 0 Å². The second kappa shape index (κ2) is 8.48. The summed E-state index contributed by atoms with van der Waals surface area (Å²) in [6.45, 7) is 4.43. The van der Waals surface area contributed by atoms with E-state index >= 15 is 0 Å². The first-order valence-corrected chi connectivity index (χ1v) is 11.0. The van der Waals surface area contributed by atoms with Crippen molar-refractivity contribution in [3.05, 3.63) is 68.7 Å². The lowest BCUT2D eigenvalue weighted by Crippen LogP contribution is -2.17. The Hall–Kier alpha value is -2.49. The first kappa shape index (κ1) is 19.8. The number of hydrogen-bond donors (Lipinski definition) is 0. The second-order valence-corrected chi connectivity index (χ2v) is 8.58. The Morgan fingerprint density at radius 1 is 1.28 bits per heavy atom. The summed E-state index contributed by atoms with van der Waals surface area (Å²) >= 11 is 8.96. The van der Waals surface area contributed by atoms with Crippen molar-refractivity contribution in [3.8, 4) is 0 Å². The van der Waals surface area contributed by atoms with E-state index in [1.807, 2.05) is 64.7 Å². The Morgan fingerprint density at radius 3 is 2.93 bits per heavy atom. The molecule has 10 heteroatoms. The molecule has 1 amide bonds. The summed E-state index contributed by atoms with van der Waals surface area (Å²) in [5.74, 6) is 0.461. The molecule has 3 heterocycles. The molecule has 0 saturated carbocycles. The van der Waals surface area contributed by atoms with Gasteiger partial charge in [0.15, 0.2) is 9.96 Å². The van der Waals surface area contributed by atoms with Gasteiger partial charge in [0.1, 0.15) is 0 Å². The van der Waals surface area contributed by atoms with E-state index in [4.69, 9.17) is 11.6 Å². The highest BCUT2D eigenvalue weighted by atomic mass is 35.5. The Morgan fingerprint density at radius 2 is 2.10 bits per heavy atom. The molecule has 7 nitrogen and oxygen atoms in total. The van der Waals surface area contributed by atoms with E-state index < -0.39 is 0 Å². The summed E-state index contributed by atoms with van der Waals surface area (Å²) in [6, 6.07) is 9.60. The molecule has 0 aliphatic heterocycles. The topological polar surface area (TPSA) is 77.4 Å². The van der Waals surface area contributed by atoms with E-state index in [1.165, 1.54) is 23.1 Å². The Bertz CT molecular complexity index is 1260. The maximum atomic E-state index is 12.5. The number of thioether (sulfide) groups is 1. The summed E-state index contributed by atoms with van der Waals surface area (Å²) in [7, 11) is 0. The molecule has 0 aliphatic carbocycles. The van der Waals surface area contributed by atoms with Gasteiger partial charge in [0.25, 0.3) is 11.7 Å². The molecule has 4 aromatic rings. The summed E-state index contributed by atoms with van der Waals surface area (Å²) in [5.41, 5.74) is 2.83. The van der Waals surface area contributed by atoms with Crippen molar-refractivity contribution in [2.75, 3.05) is 5.75 Å². The third kappa shape index (κ3) is 4.42. The molecule has 3 aromatic heterocycles. The fraction of sp³-hybridized carbons (Fsp3) is 0.211. The van der Waals surface area contributed by atoms with Gasteiger partial charge in [-0.3, -0.25) is 9.20 Å². The number of thiazole rings is 1. The fourth-order valence-electron chi connectivity index (χ4n) is 2.88. The monoisotopic (exact) mass is 444 g/mol. The Kier molecular flexibility index (Phi) is 5.79. The summed E-state index contributed by atoms with van der Waals surface area (Å²) in [6.07, 6.45) is 1.90. The van der Waals surface area contributed by atoms with Crippen LogP contribution in [0.15, 0.2) is 52.1 Å². The summed E-state index contributed by atoms with van der Waals surface area (Å²) in [5, 5.41) is 11.5. The molecule has 0 saturated heterocycles. The number of halogens is 1. The van der Waals surface area contributed by atoms with Crippen molar-refractivity contribution in [1.29, 1.82) is 0 Å². The molecule has 0 fully saturated rings. The largest absolute Gasteiger partial charge is 0.319 e. The van der Waals surface area contributed by atoms with E-state index in [1.54, 1.807) is 0 Å². The van der Waals surface area contributed by atoms with Crippen LogP contribution in [0, 0.1) is 13.8 Å². The quantitative estimate of drug-likeness (QED) is 0.440. The van der Waals surface area contributed by atoms with Gasteiger partial charge in [-0.15, -0.1) is 21.5 Å². The van der Waals surface area contributed by atoms with Crippen molar-refractivity contribution in [1.82, 2.24) is 24.1 Å². The SMILES string of the molecule is Cc1cc(C)n2c(SCC(=O)N=c3sccn3Cc3ccccc3Cl)nnc2n1. The lowest BCUT2D eigenvalue weighted by Gasteiger charge is -2.05. The number of aryl methyl sites for hydroxylation is 2. The molecule has 0 radical (unpaired) electrons. The molecule has 148 valence electrons. The average molecular weight is 445 g/mol. The van der Waals surface area contributed by atoms with Gasteiger partial charge in [0.2, 0.25) is 0 Å². The van der Waals surface area contributed by atoms with Crippen LogP contribution in [0.25, 0.3) is 5.78 Å². The van der Waals surface area contributed by atoms with E-state index in [9.17, 15) is 4.79 Å². The van der Waals surface area contributed by atoms with E-state index in [0.717, 1.165) is 17.0 Å². The number of carbonyl (C=O) groups excluding carboxylic acids is 1. The fourth-order valence-corrected chi connectivity index (χ4v) is 4.59. The van der Waals surface area contributed by atoms with Crippen LogP contribution >= 0.6 is 34.7 Å². The van der Waals surface area contributed by atoms with Crippen LogP contribution in [0.5, 0.6) is 0 Å². The number of aromatic nitrogens is 5. The van der Waals surface area contributed by atoms with Crippen molar-refractivity contribution in [2.45, 2.75) is 25.5 Å². The van der Waals surface area contributed by atoms with E-state index in [0.29, 0.717) is 27.3 Å².